The molecule has 2 aromatic carbocycles. The molecule has 2 saturated heterocycles. The van der Waals surface area contributed by atoms with Gasteiger partial charge in [-0.3, -0.25) is 9.78 Å². The van der Waals surface area contributed by atoms with Crippen LogP contribution in [0.1, 0.15) is 28.0 Å². The molecule has 3 aromatic rings. The maximum absolute atomic E-state index is 13.3. The average Bonchev–Trinajstić information content (AvgIpc) is 3.47. The Morgan fingerprint density at radius 2 is 2.00 bits per heavy atom. The summed E-state index contributed by atoms with van der Waals surface area (Å²) in [6.45, 7) is 3.44. The van der Waals surface area contributed by atoms with Crippen LogP contribution in [-0.4, -0.2) is 47.5 Å². The molecule has 29 heavy (non-hydrogen) atoms. The second-order valence-electron chi connectivity index (χ2n) is 8.43. The van der Waals surface area contributed by atoms with Crippen LogP contribution in [0.25, 0.3) is 10.9 Å². The van der Waals surface area contributed by atoms with Gasteiger partial charge < -0.3 is 15.1 Å². The number of anilines is 1. The molecule has 3 aliphatic heterocycles. The number of nitrogens with zero attached hydrogens (tertiary/aromatic N) is 3. The number of benzene rings is 2. The van der Waals surface area contributed by atoms with Crippen molar-refractivity contribution < 1.29 is 4.79 Å². The van der Waals surface area contributed by atoms with Crippen molar-refractivity contribution in [3.63, 3.8) is 0 Å². The van der Waals surface area contributed by atoms with E-state index in [1.807, 2.05) is 23.1 Å². The van der Waals surface area contributed by atoms with Gasteiger partial charge in [0.2, 0.25) is 0 Å². The van der Waals surface area contributed by atoms with Crippen molar-refractivity contribution in [2.45, 2.75) is 31.5 Å². The van der Waals surface area contributed by atoms with Crippen molar-refractivity contribution in [3.05, 3.63) is 71.4 Å². The van der Waals surface area contributed by atoms with Crippen molar-refractivity contribution in [2.24, 2.45) is 0 Å². The first-order valence-electron chi connectivity index (χ1n) is 10.5. The molecule has 1 aromatic heterocycles. The summed E-state index contributed by atoms with van der Waals surface area (Å²) in [6, 6.07) is 19.8. The van der Waals surface area contributed by atoms with Crippen LogP contribution in [0.15, 0.2) is 54.6 Å². The third kappa shape index (κ3) is 2.80. The Morgan fingerprint density at radius 3 is 2.86 bits per heavy atom. The Kier molecular flexibility index (Phi) is 3.84. The summed E-state index contributed by atoms with van der Waals surface area (Å²) in [7, 11) is 0. The molecule has 2 bridgehead atoms. The number of rotatable bonds is 4. The highest BCUT2D eigenvalue weighted by Gasteiger charge is 2.40. The molecule has 3 aliphatic rings. The molecule has 4 heterocycles. The molecular weight excluding hydrogens is 360 g/mol. The Morgan fingerprint density at radius 1 is 1.07 bits per heavy atom. The molecule has 2 atom stereocenters. The van der Waals surface area contributed by atoms with E-state index in [-0.39, 0.29) is 5.91 Å². The third-order valence-corrected chi connectivity index (χ3v) is 6.65. The first kappa shape index (κ1) is 17.0. The number of para-hydroxylation sites is 1. The lowest BCUT2D eigenvalue weighted by atomic mass is 10.1. The van der Waals surface area contributed by atoms with Gasteiger partial charge in [0, 0.05) is 55.8 Å². The minimum absolute atomic E-state index is 0.173. The summed E-state index contributed by atoms with van der Waals surface area (Å²) in [4.78, 5) is 22.5. The normalized spacial score (nSPS) is 22.7. The molecule has 2 unspecified atom stereocenters. The minimum Gasteiger partial charge on any atom is -0.365 e. The smallest absolute Gasteiger partial charge is 0.256 e. The van der Waals surface area contributed by atoms with E-state index in [0.717, 1.165) is 52.9 Å². The van der Waals surface area contributed by atoms with Crippen LogP contribution < -0.4 is 10.2 Å². The van der Waals surface area contributed by atoms with Crippen LogP contribution in [0.2, 0.25) is 0 Å². The molecule has 2 fully saturated rings. The number of fused-ring (bicyclic) bond motifs is 4. The van der Waals surface area contributed by atoms with E-state index in [4.69, 9.17) is 4.98 Å². The zero-order chi connectivity index (χ0) is 19.4. The van der Waals surface area contributed by atoms with Gasteiger partial charge in [0.15, 0.2) is 0 Å². The van der Waals surface area contributed by atoms with Crippen molar-refractivity contribution in [3.8, 4) is 0 Å². The van der Waals surface area contributed by atoms with E-state index in [1.165, 1.54) is 6.42 Å². The maximum atomic E-state index is 13.3. The van der Waals surface area contributed by atoms with Crippen molar-refractivity contribution in [1.82, 2.24) is 15.2 Å². The number of hydrogen-bond acceptors (Lipinski definition) is 4. The summed E-state index contributed by atoms with van der Waals surface area (Å²) >= 11 is 0. The lowest BCUT2D eigenvalue weighted by molar-refractivity contribution is 0.0780. The molecule has 0 radical (unpaired) electrons. The van der Waals surface area contributed by atoms with E-state index in [9.17, 15) is 4.79 Å². The van der Waals surface area contributed by atoms with Crippen LogP contribution >= 0.6 is 0 Å². The van der Waals surface area contributed by atoms with E-state index >= 15 is 0 Å². The highest BCUT2D eigenvalue weighted by molar-refractivity contribution is 6.03. The number of amides is 1. The van der Waals surface area contributed by atoms with Crippen LogP contribution in [0, 0.1) is 0 Å². The number of piperazine rings is 1. The topological polar surface area (TPSA) is 48.5 Å². The fraction of sp³-hybridized carbons (Fsp3) is 0.333. The van der Waals surface area contributed by atoms with Crippen LogP contribution in [0.3, 0.4) is 0 Å². The predicted octanol–water partition coefficient (Wildman–Crippen LogP) is 2.98. The largest absolute Gasteiger partial charge is 0.365 e. The van der Waals surface area contributed by atoms with Crippen LogP contribution in [0.4, 0.5) is 5.69 Å². The van der Waals surface area contributed by atoms with Crippen LogP contribution in [0.5, 0.6) is 0 Å². The number of carbonyl (C=O) groups is 1. The molecule has 1 amide bonds. The second-order valence-corrected chi connectivity index (χ2v) is 8.43. The first-order valence-corrected chi connectivity index (χ1v) is 10.5. The van der Waals surface area contributed by atoms with Gasteiger partial charge >= 0.3 is 0 Å². The van der Waals surface area contributed by atoms with Crippen LogP contribution in [-0.2, 0) is 13.0 Å². The fourth-order valence-corrected chi connectivity index (χ4v) is 5.17. The van der Waals surface area contributed by atoms with Gasteiger partial charge in [-0.1, -0.05) is 36.4 Å². The predicted molar refractivity (Wildman–Crippen MR) is 114 cm³/mol. The summed E-state index contributed by atoms with van der Waals surface area (Å²) in [6.07, 6.45) is 1.97. The van der Waals surface area contributed by atoms with Crippen molar-refractivity contribution in [1.29, 1.82) is 0 Å². The third-order valence-electron chi connectivity index (χ3n) is 6.65. The Hall–Kier alpha value is -2.92. The average molecular weight is 384 g/mol. The van der Waals surface area contributed by atoms with Gasteiger partial charge in [-0.15, -0.1) is 0 Å². The zero-order valence-electron chi connectivity index (χ0n) is 16.3. The van der Waals surface area contributed by atoms with Gasteiger partial charge in [0.25, 0.3) is 5.91 Å². The summed E-state index contributed by atoms with van der Waals surface area (Å²) < 4.78 is 0. The lowest BCUT2D eigenvalue weighted by Crippen LogP contribution is -2.44. The number of carbonyl (C=O) groups excluding carboxylic acids is 1. The standard InChI is InChI=1S/C24H24N4O/c29-24-23-17(5-3-7-22(23)28-15-19-12-20(28)13-25-19)14-27(24)11-10-18-9-8-16-4-1-2-6-21(16)26-18/h1-9,19-20,25H,10-15H2. The highest BCUT2D eigenvalue weighted by Crippen LogP contribution is 2.36. The monoisotopic (exact) mass is 384 g/mol. The quantitative estimate of drug-likeness (QED) is 0.751. The highest BCUT2D eigenvalue weighted by atomic mass is 16.2. The summed E-state index contributed by atoms with van der Waals surface area (Å²) in [5.41, 5.74) is 5.27. The van der Waals surface area contributed by atoms with E-state index in [1.54, 1.807) is 0 Å². The Balaban J connectivity index is 1.22. The zero-order valence-corrected chi connectivity index (χ0v) is 16.3. The van der Waals surface area contributed by atoms with Gasteiger partial charge in [0.05, 0.1) is 16.8 Å². The Labute approximate surface area is 170 Å². The van der Waals surface area contributed by atoms with Gasteiger partial charge in [-0.05, 0) is 30.2 Å². The van der Waals surface area contributed by atoms with Gasteiger partial charge in [-0.25, -0.2) is 0 Å². The first-order chi connectivity index (χ1) is 14.3. The number of pyridine rings is 1. The molecular formula is C24H24N4O. The summed E-state index contributed by atoms with van der Waals surface area (Å²) in [5, 5.41) is 4.70. The van der Waals surface area contributed by atoms with Gasteiger partial charge in [-0.2, -0.15) is 0 Å². The number of hydrogen-bond donors (Lipinski definition) is 1. The van der Waals surface area contributed by atoms with E-state index < -0.39 is 0 Å². The van der Waals surface area contributed by atoms with Gasteiger partial charge in [0.1, 0.15) is 0 Å². The molecule has 5 nitrogen and oxygen atoms in total. The van der Waals surface area contributed by atoms with E-state index in [0.29, 0.717) is 25.2 Å². The van der Waals surface area contributed by atoms with E-state index in [2.05, 4.69) is 46.6 Å². The molecule has 5 heteroatoms. The van der Waals surface area contributed by atoms with Crippen molar-refractivity contribution in [2.75, 3.05) is 24.5 Å². The SMILES string of the molecule is O=C1c2c(cccc2N2CC3CC2CN3)CN1CCc1ccc2ccccc2n1. The number of nitrogens with one attached hydrogen (secondary N) is 1. The molecule has 146 valence electrons. The fourth-order valence-electron chi connectivity index (χ4n) is 5.17. The molecule has 1 N–H and O–H groups in total. The molecule has 0 saturated carbocycles. The molecule has 6 rings (SSSR count). The summed E-state index contributed by atoms with van der Waals surface area (Å²) in [5.74, 6) is 0.173. The molecule has 0 spiro atoms. The van der Waals surface area contributed by atoms with Crippen molar-refractivity contribution >= 4 is 22.5 Å². The minimum atomic E-state index is 0.173. The lowest BCUT2D eigenvalue weighted by Gasteiger charge is -2.30. The second kappa shape index (κ2) is 6.56. The number of aromatic nitrogens is 1. The Bertz CT molecular complexity index is 1110. The molecule has 0 aliphatic carbocycles. The maximum Gasteiger partial charge on any atom is 0.256 e.